The predicted octanol–water partition coefficient (Wildman–Crippen LogP) is 4.51. The van der Waals surface area contributed by atoms with Crippen LogP contribution in [0.2, 0.25) is 5.02 Å². The second kappa shape index (κ2) is 6.42. The van der Waals surface area contributed by atoms with Crippen LogP contribution in [0, 0.1) is 5.82 Å². The van der Waals surface area contributed by atoms with Crippen molar-refractivity contribution in [2.75, 3.05) is 0 Å². The highest BCUT2D eigenvalue weighted by Crippen LogP contribution is 2.22. The minimum Gasteiger partial charge on any atom is -0.284 e. The third kappa shape index (κ3) is 2.94. The molecular formula is C18H16ClFN2O. The second-order valence-electron chi connectivity index (χ2n) is 5.28. The van der Waals surface area contributed by atoms with Crippen LogP contribution in [-0.4, -0.2) is 9.36 Å². The maximum absolute atomic E-state index is 14.2. The molecule has 0 aliphatic carbocycles. The molecule has 0 saturated heterocycles. The molecule has 0 unspecified atom stereocenters. The lowest BCUT2D eigenvalue weighted by Gasteiger charge is -2.11. The van der Waals surface area contributed by atoms with Gasteiger partial charge >= 0.3 is 0 Å². The highest BCUT2D eigenvalue weighted by Gasteiger charge is 2.16. The highest BCUT2D eigenvalue weighted by molar-refractivity contribution is 6.30. The van der Waals surface area contributed by atoms with Gasteiger partial charge in [0.25, 0.3) is 5.56 Å². The van der Waals surface area contributed by atoms with Crippen molar-refractivity contribution in [3.05, 3.63) is 75.9 Å². The maximum Gasteiger partial charge on any atom is 0.279 e. The highest BCUT2D eigenvalue weighted by atomic mass is 35.5. The smallest absolute Gasteiger partial charge is 0.279 e. The summed E-state index contributed by atoms with van der Waals surface area (Å²) in [5.41, 5.74) is 1.22. The van der Waals surface area contributed by atoms with Gasteiger partial charge in [-0.25, -0.2) is 9.07 Å². The van der Waals surface area contributed by atoms with E-state index in [-0.39, 0.29) is 11.2 Å². The van der Waals surface area contributed by atoms with E-state index >= 15 is 0 Å². The Morgan fingerprint density at radius 3 is 2.61 bits per heavy atom. The second-order valence-corrected chi connectivity index (χ2v) is 5.72. The molecule has 0 aliphatic heterocycles. The molecule has 0 N–H and O–H groups in total. The zero-order chi connectivity index (χ0) is 16.4. The molecule has 3 nitrogen and oxygen atoms in total. The van der Waals surface area contributed by atoms with Gasteiger partial charge in [0.1, 0.15) is 11.5 Å². The molecule has 0 spiro atoms. The number of aryl methyl sites for hydroxylation is 1. The predicted molar refractivity (Wildman–Crippen MR) is 90.7 cm³/mol. The number of rotatable bonds is 4. The van der Waals surface area contributed by atoms with Crippen LogP contribution in [0.3, 0.4) is 0 Å². The standard InChI is InChI=1S/C18H16ClFN2O/c1-2-10-21-12-15(13-6-5-7-14(19)11-13)18(23)22(21)17-9-4-3-8-16(17)20/h3-9,11-12H,2,10H2,1H3. The quantitative estimate of drug-likeness (QED) is 0.691. The van der Waals surface area contributed by atoms with Crippen LogP contribution in [0.25, 0.3) is 16.8 Å². The zero-order valence-corrected chi connectivity index (χ0v) is 13.4. The van der Waals surface area contributed by atoms with Gasteiger partial charge in [0.05, 0.1) is 5.56 Å². The van der Waals surface area contributed by atoms with Crippen molar-refractivity contribution >= 4 is 11.6 Å². The number of para-hydroxylation sites is 1. The number of halogens is 2. The average Bonchev–Trinajstić information content (AvgIpc) is 2.85. The first-order valence-electron chi connectivity index (χ1n) is 7.45. The number of aromatic nitrogens is 2. The molecule has 0 saturated carbocycles. The molecular weight excluding hydrogens is 315 g/mol. The number of hydrogen-bond donors (Lipinski definition) is 0. The summed E-state index contributed by atoms with van der Waals surface area (Å²) in [4.78, 5) is 12.9. The fourth-order valence-corrected chi connectivity index (χ4v) is 2.80. The molecule has 0 aliphatic rings. The van der Waals surface area contributed by atoms with Crippen LogP contribution in [0.4, 0.5) is 4.39 Å². The minimum absolute atomic E-state index is 0.249. The molecule has 3 rings (SSSR count). The van der Waals surface area contributed by atoms with Gasteiger partial charge < -0.3 is 0 Å². The Hall–Kier alpha value is -2.33. The van der Waals surface area contributed by atoms with Crippen molar-refractivity contribution < 1.29 is 4.39 Å². The Balaban J connectivity index is 2.24. The zero-order valence-electron chi connectivity index (χ0n) is 12.7. The van der Waals surface area contributed by atoms with Crippen molar-refractivity contribution in [1.82, 2.24) is 9.36 Å². The lowest BCUT2D eigenvalue weighted by molar-refractivity contribution is 0.515. The monoisotopic (exact) mass is 330 g/mol. The molecule has 1 heterocycles. The van der Waals surface area contributed by atoms with Crippen molar-refractivity contribution in [2.24, 2.45) is 0 Å². The van der Waals surface area contributed by atoms with Crippen LogP contribution < -0.4 is 5.56 Å². The van der Waals surface area contributed by atoms with E-state index in [0.29, 0.717) is 17.1 Å². The molecule has 2 aromatic carbocycles. The molecule has 118 valence electrons. The first kappa shape index (κ1) is 15.6. The SMILES string of the molecule is CCCn1cc(-c2cccc(Cl)c2)c(=O)n1-c1ccccc1F. The summed E-state index contributed by atoms with van der Waals surface area (Å²) in [6.45, 7) is 2.62. The number of hydrogen-bond acceptors (Lipinski definition) is 1. The van der Waals surface area contributed by atoms with Crippen LogP contribution in [0.15, 0.2) is 59.5 Å². The van der Waals surface area contributed by atoms with Crippen molar-refractivity contribution in [2.45, 2.75) is 19.9 Å². The van der Waals surface area contributed by atoms with E-state index in [9.17, 15) is 9.18 Å². The fraction of sp³-hybridized carbons (Fsp3) is 0.167. The average molecular weight is 331 g/mol. The molecule has 23 heavy (non-hydrogen) atoms. The van der Waals surface area contributed by atoms with Gasteiger partial charge in [-0.1, -0.05) is 42.8 Å². The largest absolute Gasteiger partial charge is 0.284 e. The van der Waals surface area contributed by atoms with Gasteiger partial charge in [-0.3, -0.25) is 9.48 Å². The lowest BCUT2D eigenvalue weighted by atomic mass is 10.1. The van der Waals surface area contributed by atoms with E-state index in [1.807, 2.05) is 13.0 Å². The maximum atomic E-state index is 14.2. The topological polar surface area (TPSA) is 26.9 Å². The van der Waals surface area contributed by atoms with Gasteiger partial charge in [0, 0.05) is 17.8 Å². The van der Waals surface area contributed by atoms with E-state index in [0.717, 1.165) is 12.0 Å². The molecule has 0 bridgehead atoms. The Morgan fingerprint density at radius 2 is 1.91 bits per heavy atom. The Labute approximate surface area is 138 Å². The molecule has 3 aromatic rings. The summed E-state index contributed by atoms with van der Waals surface area (Å²) < 4.78 is 17.3. The third-order valence-corrected chi connectivity index (χ3v) is 3.86. The third-order valence-electron chi connectivity index (χ3n) is 3.63. The Morgan fingerprint density at radius 1 is 1.13 bits per heavy atom. The van der Waals surface area contributed by atoms with E-state index in [1.165, 1.54) is 10.7 Å². The van der Waals surface area contributed by atoms with Crippen LogP contribution in [0.1, 0.15) is 13.3 Å². The van der Waals surface area contributed by atoms with Crippen molar-refractivity contribution in [3.63, 3.8) is 0 Å². The Kier molecular flexibility index (Phi) is 4.35. The van der Waals surface area contributed by atoms with E-state index < -0.39 is 5.82 Å². The summed E-state index contributed by atoms with van der Waals surface area (Å²) >= 11 is 6.02. The van der Waals surface area contributed by atoms with Gasteiger partial charge in [-0.2, -0.15) is 0 Å². The number of benzene rings is 2. The Bertz CT molecular complexity index is 898. The van der Waals surface area contributed by atoms with Crippen molar-refractivity contribution in [1.29, 1.82) is 0 Å². The van der Waals surface area contributed by atoms with E-state index in [2.05, 4.69) is 0 Å². The van der Waals surface area contributed by atoms with Crippen LogP contribution >= 0.6 is 11.6 Å². The van der Waals surface area contributed by atoms with Crippen LogP contribution in [0.5, 0.6) is 0 Å². The van der Waals surface area contributed by atoms with Crippen LogP contribution in [-0.2, 0) is 6.54 Å². The van der Waals surface area contributed by atoms with Gasteiger partial charge in [0.2, 0.25) is 0 Å². The molecule has 0 radical (unpaired) electrons. The first-order chi connectivity index (χ1) is 11.1. The molecule has 0 fully saturated rings. The fourth-order valence-electron chi connectivity index (χ4n) is 2.61. The van der Waals surface area contributed by atoms with Gasteiger partial charge in [-0.05, 0) is 36.2 Å². The first-order valence-corrected chi connectivity index (χ1v) is 7.83. The summed E-state index contributed by atoms with van der Waals surface area (Å²) in [6, 6.07) is 13.4. The van der Waals surface area contributed by atoms with E-state index in [4.69, 9.17) is 11.6 Å². The summed E-state index contributed by atoms with van der Waals surface area (Å²) in [5, 5.41) is 0.558. The summed E-state index contributed by atoms with van der Waals surface area (Å²) in [6.07, 6.45) is 2.58. The number of nitrogens with zero attached hydrogens (tertiary/aromatic N) is 2. The lowest BCUT2D eigenvalue weighted by Crippen LogP contribution is -2.22. The van der Waals surface area contributed by atoms with Crippen molar-refractivity contribution in [3.8, 4) is 16.8 Å². The summed E-state index contributed by atoms with van der Waals surface area (Å²) in [5.74, 6) is -0.428. The summed E-state index contributed by atoms with van der Waals surface area (Å²) in [7, 11) is 0. The molecule has 0 amide bonds. The van der Waals surface area contributed by atoms with E-state index in [1.54, 1.807) is 47.3 Å². The molecule has 1 aromatic heterocycles. The van der Waals surface area contributed by atoms with Gasteiger partial charge in [-0.15, -0.1) is 0 Å². The van der Waals surface area contributed by atoms with Gasteiger partial charge in [0.15, 0.2) is 0 Å². The normalized spacial score (nSPS) is 10.9. The minimum atomic E-state index is -0.428. The molecule has 0 atom stereocenters. The molecule has 5 heteroatoms.